The summed E-state index contributed by atoms with van der Waals surface area (Å²) < 4.78 is 0. The van der Waals surface area contributed by atoms with Crippen LogP contribution in [0.2, 0.25) is 0 Å². The second-order valence-electron chi connectivity index (χ2n) is 10.2. The topological polar surface area (TPSA) is 69.3 Å². The predicted molar refractivity (Wildman–Crippen MR) is 123 cm³/mol. The second kappa shape index (κ2) is 7.75. The van der Waals surface area contributed by atoms with Crippen LogP contribution in [0.1, 0.15) is 73.8 Å². The fourth-order valence-electron chi connectivity index (χ4n) is 7.03. The van der Waals surface area contributed by atoms with Crippen molar-refractivity contribution in [1.82, 2.24) is 20.0 Å². The van der Waals surface area contributed by atoms with Crippen LogP contribution in [0.3, 0.4) is 0 Å². The van der Waals surface area contributed by atoms with Crippen LogP contribution in [0.4, 0.5) is 0 Å². The van der Waals surface area contributed by atoms with E-state index in [9.17, 15) is 9.59 Å². The van der Waals surface area contributed by atoms with E-state index in [0.717, 1.165) is 49.8 Å². The number of H-pyrrole nitrogens is 1. The highest BCUT2D eigenvalue weighted by Crippen LogP contribution is 2.56. The molecular weight excluding hydrogens is 400 g/mol. The van der Waals surface area contributed by atoms with Gasteiger partial charge in [0.25, 0.3) is 5.91 Å². The first kappa shape index (κ1) is 21.2. The lowest BCUT2D eigenvalue weighted by Crippen LogP contribution is -2.62. The van der Waals surface area contributed by atoms with Gasteiger partial charge < -0.3 is 9.80 Å². The number of carbonyl (C=O) groups is 2. The minimum absolute atomic E-state index is 0.00933. The van der Waals surface area contributed by atoms with E-state index in [4.69, 9.17) is 0 Å². The zero-order valence-corrected chi connectivity index (χ0v) is 19.6. The van der Waals surface area contributed by atoms with Crippen LogP contribution < -0.4 is 0 Å². The summed E-state index contributed by atoms with van der Waals surface area (Å²) in [6.07, 6.45) is 5.63. The summed E-state index contributed by atoms with van der Waals surface area (Å²) >= 11 is 0. The van der Waals surface area contributed by atoms with Gasteiger partial charge in [-0.25, -0.2) is 0 Å². The van der Waals surface area contributed by atoms with Gasteiger partial charge in [-0.3, -0.25) is 14.7 Å². The van der Waals surface area contributed by atoms with E-state index in [0.29, 0.717) is 5.69 Å². The number of aromatic nitrogens is 2. The van der Waals surface area contributed by atoms with Crippen molar-refractivity contribution < 1.29 is 9.59 Å². The number of aryl methyl sites for hydroxylation is 1. The Morgan fingerprint density at radius 1 is 1.16 bits per heavy atom. The van der Waals surface area contributed by atoms with Crippen molar-refractivity contribution in [3.63, 3.8) is 0 Å². The van der Waals surface area contributed by atoms with Crippen molar-refractivity contribution in [2.45, 2.75) is 90.4 Å². The van der Waals surface area contributed by atoms with Crippen LogP contribution >= 0.6 is 0 Å². The Hall–Kier alpha value is -2.63. The lowest BCUT2D eigenvalue weighted by atomic mass is 9.64. The van der Waals surface area contributed by atoms with Gasteiger partial charge in [0.15, 0.2) is 5.69 Å². The number of hydrogen-bond donors (Lipinski definition) is 1. The molecule has 6 nitrogen and oxygen atoms in total. The number of nitrogens with zero attached hydrogens (tertiary/aromatic N) is 3. The Morgan fingerprint density at radius 3 is 2.47 bits per heavy atom. The highest BCUT2D eigenvalue weighted by atomic mass is 16.2. The normalized spacial score (nSPS) is 31.1. The van der Waals surface area contributed by atoms with Crippen LogP contribution in [0.5, 0.6) is 0 Å². The third-order valence-corrected chi connectivity index (χ3v) is 8.51. The van der Waals surface area contributed by atoms with E-state index in [1.807, 2.05) is 13.0 Å². The zero-order chi connectivity index (χ0) is 22.6. The highest BCUT2D eigenvalue weighted by Gasteiger charge is 2.64. The zero-order valence-electron chi connectivity index (χ0n) is 19.6. The van der Waals surface area contributed by atoms with Gasteiger partial charge in [-0.2, -0.15) is 5.10 Å². The predicted octanol–water partition coefficient (Wildman–Crippen LogP) is 3.90. The van der Waals surface area contributed by atoms with Crippen molar-refractivity contribution in [2.75, 3.05) is 0 Å². The summed E-state index contributed by atoms with van der Waals surface area (Å²) in [6, 6.07) is 10.7. The Bertz CT molecular complexity index is 1030. The average molecular weight is 435 g/mol. The van der Waals surface area contributed by atoms with Crippen LogP contribution in [-0.4, -0.2) is 56.0 Å². The summed E-state index contributed by atoms with van der Waals surface area (Å²) in [5.41, 5.74) is 3.68. The number of piperidine rings is 1. The van der Waals surface area contributed by atoms with Gasteiger partial charge in [0.1, 0.15) is 0 Å². The molecule has 1 saturated carbocycles. The molecular formula is C26H34N4O2. The van der Waals surface area contributed by atoms with Crippen molar-refractivity contribution >= 4 is 11.8 Å². The van der Waals surface area contributed by atoms with E-state index in [1.54, 1.807) is 6.92 Å². The second-order valence-corrected chi connectivity index (χ2v) is 10.2. The number of amides is 2. The van der Waals surface area contributed by atoms with Crippen LogP contribution in [-0.2, 0) is 17.6 Å². The monoisotopic (exact) mass is 434 g/mol. The van der Waals surface area contributed by atoms with E-state index in [1.165, 1.54) is 5.56 Å². The molecule has 2 bridgehead atoms. The molecule has 6 heteroatoms. The third-order valence-electron chi connectivity index (χ3n) is 8.51. The first-order valence-electron chi connectivity index (χ1n) is 12.1. The van der Waals surface area contributed by atoms with Gasteiger partial charge in [0.05, 0.1) is 12.1 Å². The van der Waals surface area contributed by atoms with Gasteiger partial charge in [-0.1, -0.05) is 44.2 Å². The molecule has 3 fully saturated rings. The highest BCUT2D eigenvalue weighted by molar-refractivity contribution is 5.95. The Morgan fingerprint density at radius 2 is 1.84 bits per heavy atom. The fraction of sp³-hybridized carbons (Fsp3) is 0.577. The van der Waals surface area contributed by atoms with E-state index in [2.05, 4.69) is 58.1 Å². The molecule has 0 radical (unpaired) electrons. The fourth-order valence-corrected chi connectivity index (χ4v) is 7.03. The largest absolute Gasteiger partial charge is 0.334 e. The molecule has 1 aromatic carbocycles. The van der Waals surface area contributed by atoms with E-state index in [-0.39, 0.29) is 41.4 Å². The van der Waals surface area contributed by atoms with E-state index >= 15 is 0 Å². The van der Waals surface area contributed by atoms with Gasteiger partial charge in [-0.15, -0.1) is 0 Å². The number of likely N-dealkylation sites (tertiary alicyclic amines) is 2. The molecule has 1 N–H and O–H groups in total. The summed E-state index contributed by atoms with van der Waals surface area (Å²) in [5.74, 6) is 0.160. The van der Waals surface area contributed by atoms with Crippen molar-refractivity contribution in [3.8, 4) is 0 Å². The quantitative estimate of drug-likeness (QED) is 0.794. The van der Waals surface area contributed by atoms with E-state index < -0.39 is 0 Å². The van der Waals surface area contributed by atoms with Crippen LogP contribution in [0.25, 0.3) is 0 Å². The molecule has 5 atom stereocenters. The lowest BCUT2D eigenvalue weighted by molar-refractivity contribution is -0.142. The summed E-state index contributed by atoms with van der Waals surface area (Å²) in [6.45, 7) is 8.08. The molecule has 2 aromatic rings. The maximum absolute atomic E-state index is 14.0. The summed E-state index contributed by atoms with van der Waals surface area (Å²) in [7, 11) is 0. The van der Waals surface area contributed by atoms with Crippen molar-refractivity contribution in [1.29, 1.82) is 0 Å². The number of aromatic amines is 1. The van der Waals surface area contributed by atoms with Crippen molar-refractivity contribution in [3.05, 3.63) is 52.8 Å². The molecule has 2 saturated heterocycles. The molecule has 1 aromatic heterocycles. The lowest BCUT2D eigenvalue weighted by Gasteiger charge is -2.52. The first-order chi connectivity index (χ1) is 15.4. The number of benzene rings is 1. The maximum atomic E-state index is 14.0. The SMILES string of the molecule is CCc1[nH]nc(C(=O)N2[C@H]3CCC[C@H]4N(C(C)=O)[C@H](Cc5ccccc5)[C@@H]2C[C@@]34C)c1C. The molecule has 2 amide bonds. The number of carbonyl (C=O) groups excluding carboxylic acids is 2. The van der Waals surface area contributed by atoms with Gasteiger partial charge >= 0.3 is 0 Å². The number of fused-ring (bicyclic) bond motifs is 1. The molecule has 0 unspecified atom stereocenters. The summed E-state index contributed by atoms with van der Waals surface area (Å²) in [4.78, 5) is 31.3. The van der Waals surface area contributed by atoms with Gasteiger partial charge in [0, 0.05) is 35.7 Å². The Labute approximate surface area is 190 Å². The molecule has 32 heavy (non-hydrogen) atoms. The molecule has 170 valence electrons. The van der Waals surface area contributed by atoms with Gasteiger partial charge in [0.2, 0.25) is 5.91 Å². The average Bonchev–Trinajstić information content (AvgIpc) is 3.30. The minimum Gasteiger partial charge on any atom is -0.334 e. The first-order valence-corrected chi connectivity index (χ1v) is 12.1. The number of nitrogens with one attached hydrogen (secondary N) is 1. The minimum atomic E-state index is -0.0603. The van der Waals surface area contributed by atoms with Crippen LogP contribution in [0.15, 0.2) is 30.3 Å². The summed E-state index contributed by atoms with van der Waals surface area (Å²) in [5, 5.41) is 7.51. The third kappa shape index (κ3) is 3.02. The molecule has 0 spiro atoms. The molecule has 2 aliphatic heterocycles. The number of rotatable bonds is 4. The Kier molecular flexibility index (Phi) is 5.14. The molecule has 1 aliphatic carbocycles. The Balaban J connectivity index is 1.59. The number of hydrogen-bond acceptors (Lipinski definition) is 3. The molecule has 3 heterocycles. The maximum Gasteiger partial charge on any atom is 0.275 e. The van der Waals surface area contributed by atoms with Crippen LogP contribution in [0, 0.1) is 12.3 Å². The van der Waals surface area contributed by atoms with Gasteiger partial charge in [-0.05, 0) is 51.0 Å². The van der Waals surface area contributed by atoms with Crippen molar-refractivity contribution in [2.24, 2.45) is 5.41 Å². The smallest absolute Gasteiger partial charge is 0.275 e. The molecule has 3 aliphatic rings. The molecule has 5 rings (SSSR count). The standard InChI is InChI=1S/C26H34N4O2/c1-5-19-16(2)24(28-27-19)25(32)30-21-15-26(4)22(12-9-13-23(26)30)29(17(3)31)20(21)14-18-10-7-6-8-11-18/h6-8,10-11,20-23H,5,9,12-15H2,1-4H3,(H,27,28)/t20-,21+,22-,23+,26-/m1/s1.